The Hall–Kier alpha value is -1.25. The summed E-state index contributed by atoms with van der Waals surface area (Å²) in [7, 11) is -1.98. The van der Waals surface area contributed by atoms with Crippen molar-refractivity contribution < 1.29 is 13.2 Å². The summed E-state index contributed by atoms with van der Waals surface area (Å²) in [5.74, 6) is -1.19. The van der Waals surface area contributed by atoms with E-state index in [4.69, 9.17) is 9.69 Å². The van der Waals surface area contributed by atoms with E-state index in [9.17, 15) is 8.78 Å². The molecule has 0 heterocycles. The van der Waals surface area contributed by atoms with Gasteiger partial charge in [0.05, 0.1) is 6.07 Å². The second kappa shape index (κ2) is 4.72. The molecule has 1 rings (SSSR count). The Morgan fingerprint density at radius 3 is 2.44 bits per heavy atom. The maximum atomic E-state index is 13.4. The Balaban J connectivity index is 3.05. The van der Waals surface area contributed by atoms with Crippen LogP contribution in [0.3, 0.4) is 0 Å². The first kappa shape index (κ1) is 12.8. The highest BCUT2D eigenvalue weighted by atomic mass is 28.4. The van der Waals surface area contributed by atoms with Crippen LogP contribution < -0.4 is 0 Å². The molecule has 0 fully saturated rings. The number of halogens is 2. The molecule has 0 saturated carbocycles. The smallest absolute Gasteiger partial charge is 0.186 e. The largest absolute Gasteiger partial charge is 0.399 e. The summed E-state index contributed by atoms with van der Waals surface area (Å²) < 4.78 is 31.8. The van der Waals surface area contributed by atoms with Crippen LogP contribution in [0.15, 0.2) is 18.2 Å². The fraction of sp³-hybridized carbons (Fsp3) is 0.364. The van der Waals surface area contributed by atoms with Crippen molar-refractivity contribution in [1.29, 1.82) is 5.26 Å². The number of hydrogen-bond acceptors (Lipinski definition) is 2. The third-order valence-electron chi connectivity index (χ3n) is 1.83. The Morgan fingerprint density at radius 2 is 1.94 bits per heavy atom. The molecule has 0 aliphatic carbocycles. The van der Waals surface area contributed by atoms with Gasteiger partial charge in [-0.1, -0.05) is 0 Å². The van der Waals surface area contributed by atoms with Gasteiger partial charge in [-0.25, -0.2) is 8.78 Å². The minimum atomic E-state index is -1.98. The zero-order valence-electron chi connectivity index (χ0n) is 9.42. The van der Waals surface area contributed by atoms with E-state index in [1.165, 1.54) is 0 Å². The van der Waals surface area contributed by atoms with Gasteiger partial charge in [0.15, 0.2) is 14.4 Å². The summed E-state index contributed by atoms with van der Waals surface area (Å²) in [5, 5.41) is 8.92. The maximum Gasteiger partial charge on any atom is 0.186 e. The van der Waals surface area contributed by atoms with Gasteiger partial charge in [0.2, 0.25) is 0 Å². The molecule has 1 aromatic carbocycles. The summed E-state index contributed by atoms with van der Waals surface area (Å²) in [5.41, 5.74) is -0.0371. The van der Waals surface area contributed by atoms with E-state index in [2.05, 4.69) is 0 Å². The first-order valence-corrected chi connectivity index (χ1v) is 8.27. The Labute approximate surface area is 94.6 Å². The maximum absolute atomic E-state index is 13.4. The van der Waals surface area contributed by atoms with Crippen molar-refractivity contribution in [3.63, 3.8) is 0 Å². The summed E-state index contributed by atoms with van der Waals surface area (Å²) >= 11 is 0. The van der Waals surface area contributed by atoms with Gasteiger partial charge >= 0.3 is 0 Å². The molecule has 86 valence electrons. The van der Waals surface area contributed by atoms with Crippen LogP contribution in [0, 0.1) is 23.0 Å². The number of nitrogens with zero attached hydrogens (tertiary/aromatic N) is 1. The third kappa shape index (κ3) is 3.40. The van der Waals surface area contributed by atoms with Crippen LogP contribution in [0.25, 0.3) is 0 Å². The van der Waals surface area contributed by atoms with Crippen molar-refractivity contribution >= 4 is 8.32 Å². The van der Waals surface area contributed by atoms with Crippen molar-refractivity contribution in [3.8, 4) is 6.07 Å². The summed E-state index contributed by atoms with van der Waals surface area (Å²) in [6, 6.07) is 4.87. The van der Waals surface area contributed by atoms with E-state index in [0.29, 0.717) is 0 Å². The molecule has 1 unspecified atom stereocenters. The van der Waals surface area contributed by atoms with E-state index >= 15 is 0 Å². The van der Waals surface area contributed by atoms with Crippen molar-refractivity contribution in [2.75, 3.05) is 0 Å². The molecule has 0 aromatic heterocycles. The highest BCUT2D eigenvalue weighted by Crippen LogP contribution is 2.24. The predicted octanol–water partition coefficient (Wildman–Crippen LogP) is 3.38. The molecule has 0 radical (unpaired) electrons. The van der Waals surface area contributed by atoms with Crippen LogP contribution in [-0.4, -0.2) is 8.32 Å². The van der Waals surface area contributed by atoms with Crippen LogP contribution in [-0.2, 0) is 4.43 Å². The fourth-order valence-electron chi connectivity index (χ4n) is 1.23. The first-order valence-electron chi connectivity index (χ1n) is 4.86. The van der Waals surface area contributed by atoms with Crippen LogP contribution in [0.2, 0.25) is 19.6 Å². The van der Waals surface area contributed by atoms with Gasteiger partial charge in [0.25, 0.3) is 0 Å². The van der Waals surface area contributed by atoms with Crippen LogP contribution in [0.1, 0.15) is 11.7 Å². The lowest BCUT2D eigenvalue weighted by atomic mass is 10.1. The Bertz CT molecular complexity index is 423. The van der Waals surface area contributed by atoms with E-state index in [0.717, 1.165) is 18.2 Å². The van der Waals surface area contributed by atoms with Gasteiger partial charge in [-0.05, 0) is 37.8 Å². The van der Waals surface area contributed by atoms with Gasteiger partial charge in [0.1, 0.15) is 11.6 Å². The van der Waals surface area contributed by atoms with Crippen molar-refractivity contribution in [2.45, 2.75) is 25.7 Å². The molecule has 16 heavy (non-hydrogen) atoms. The molecular formula is C11H13F2NOSi. The molecule has 0 aliphatic heterocycles. The SMILES string of the molecule is C[Si](C)(C)OC(C#N)c1cc(F)ccc1F. The fourth-order valence-corrected chi connectivity index (χ4v) is 2.12. The molecule has 0 aliphatic rings. The topological polar surface area (TPSA) is 33.0 Å². The minimum absolute atomic E-state index is 0.0371. The first-order chi connectivity index (χ1) is 7.33. The quantitative estimate of drug-likeness (QED) is 0.760. The number of benzene rings is 1. The lowest BCUT2D eigenvalue weighted by Crippen LogP contribution is -2.27. The number of hydrogen-bond donors (Lipinski definition) is 0. The van der Waals surface area contributed by atoms with E-state index in [-0.39, 0.29) is 5.56 Å². The van der Waals surface area contributed by atoms with Crippen molar-refractivity contribution in [3.05, 3.63) is 35.4 Å². The second-order valence-electron chi connectivity index (χ2n) is 4.41. The van der Waals surface area contributed by atoms with E-state index < -0.39 is 26.1 Å². The normalized spacial score (nSPS) is 13.2. The summed E-state index contributed by atoms with van der Waals surface area (Å²) in [6.45, 7) is 5.65. The highest BCUT2D eigenvalue weighted by molar-refractivity contribution is 6.69. The number of nitriles is 1. The molecule has 0 bridgehead atoms. The third-order valence-corrected chi connectivity index (χ3v) is 2.77. The molecule has 2 nitrogen and oxygen atoms in total. The van der Waals surface area contributed by atoms with Crippen LogP contribution >= 0.6 is 0 Å². The van der Waals surface area contributed by atoms with Gasteiger partial charge < -0.3 is 4.43 Å². The molecule has 1 aromatic rings. The molecule has 0 amide bonds. The molecule has 1 atom stereocenters. The average molecular weight is 241 g/mol. The summed E-state index contributed by atoms with van der Waals surface area (Å²) in [6.07, 6.45) is -1.04. The molecule has 0 spiro atoms. The van der Waals surface area contributed by atoms with Crippen LogP contribution in [0.5, 0.6) is 0 Å². The Morgan fingerprint density at radius 1 is 1.31 bits per heavy atom. The molecule has 0 saturated heterocycles. The van der Waals surface area contributed by atoms with E-state index in [1.54, 1.807) is 0 Å². The zero-order valence-corrected chi connectivity index (χ0v) is 10.4. The molecule has 5 heteroatoms. The zero-order chi connectivity index (χ0) is 12.3. The Kier molecular flexibility index (Phi) is 3.78. The lowest BCUT2D eigenvalue weighted by molar-refractivity contribution is 0.248. The summed E-state index contributed by atoms with van der Waals surface area (Å²) in [4.78, 5) is 0. The van der Waals surface area contributed by atoms with Gasteiger partial charge in [-0.15, -0.1) is 0 Å². The molecule has 0 N–H and O–H groups in total. The average Bonchev–Trinajstić information content (AvgIpc) is 2.17. The van der Waals surface area contributed by atoms with Gasteiger partial charge in [-0.2, -0.15) is 5.26 Å². The van der Waals surface area contributed by atoms with Crippen LogP contribution in [0.4, 0.5) is 8.78 Å². The standard InChI is InChI=1S/C11H13F2NOSi/c1-16(2,3)15-11(7-14)9-6-8(12)4-5-10(9)13/h4-6,11H,1-3H3. The second-order valence-corrected chi connectivity index (χ2v) is 8.87. The van der Waals surface area contributed by atoms with E-state index in [1.807, 2.05) is 25.7 Å². The highest BCUT2D eigenvalue weighted by Gasteiger charge is 2.24. The number of rotatable bonds is 3. The van der Waals surface area contributed by atoms with Gasteiger partial charge in [-0.3, -0.25) is 0 Å². The van der Waals surface area contributed by atoms with Crippen molar-refractivity contribution in [1.82, 2.24) is 0 Å². The predicted molar refractivity (Wildman–Crippen MR) is 59.1 cm³/mol. The van der Waals surface area contributed by atoms with Gasteiger partial charge in [0, 0.05) is 5.56 Å². The van der Waals surface area contributed by atoms with Crippen molar-refractivity contribution in [2.24, 2.45) is 0 Å². The monoisotopic (exact) mass is 241 g/mol. The minimum Gasteiger partial charge on any atom is -0.399 e. The lowest BCUT2D eigenvalue weighted by Gasteiger charge is -2.22. The molecular weight excluding hydrogens is 228 g/mol.